The van der Waals surface area contributed by atoms with Crippen molar-refractivity contribution in [3.05, 3.63) is 29.3 Å². The maximum absolute atomic E-state index is 9.45. The molecular weight excluding hydrogens is 252 g/mol. The molecule has 0 unspecified atom stereocenters. The smallest absolute Gasteiger partial charge is 0.0648 e. The molecule has 1 aromatic carbocycles. The average Bonchev–Trinajstić information content (AvgIpc) is 2.49. The summed E-state index contributed by atoms with van der Waals surface area (Å²) < 4.78 is 0. The number of nitrogens with one attached hydrogen (secondary N) is 1. The van der Waals surface area contributed by atoms with Crippen LogP contribution in [-0.2, 0) is 13.0 Å². The van der Waals surface area contributed by atoms with Crippen molar-refractivity contribution in [2.45, 2.75) is 38.3 Å². The first-order valence-corrected chi connectivity index (χ1v) is 7.44. The molecule has 0 bridgehead atoms. The van der Waals surface area contributed by atoms with E-state index in [2.05, 4.69) is 35.5 Å². The summed E-state index contributed by atoms with van der Waals surface area (Å²) in [6.07, 6.45) is 3.03. The van der Waals surface area contributed by atoms with Crippen LogP contribution in [0.1, 0.15) is 30.9 Å². The summed E-state index contributed by atoms with van der Waals surface area (Å²) in [5, 5.41) is 22.2. The van der Waals surface area contributed by atoms with E-state index in [9.17, 15) is 10.2 Å². The Morgan fingerprint density at radius 1 is 1.30 bits per heavy atom. The Balaban J connectivity index is 2.07. The third kappa shape index (κ3) is 3.14. The summed E-state index contributed by atoms with van der Waals surface area (Å²) in [7, 11) is 2.13. The second-order valence-electron chi connectivity index (χ2n) is 5.79. The molecule has 0 atom stereocenters. The summed E-state index contributed by atoms with van der Waals surface area (Å²) in [5.41, 5.74) is 3.35. The summed E-state index contributed by atoms with van der Waals surface area (Å²) in [4.78, 5) is 2.30. The number of rotatable bonds is 6. The predicted molar refractivity (Wildman–Crippen MR) is 82.1 cm³/mol. The van der Waals surface area contributed by atoms with Crippen LogP contribution in [0.2, 0.25) is 0 Å². The van der Waals surface area contributed by atoms with E-state index in [4.69, 9.17) is 0 Å². The number of hydrogen-bond donors (Lipinski definition) is 3. The predicted octanol–water partition coefficient (Wildman–Crippen LogP) is 1.29. The van der Waals surface area contributed by atoms with E-state index in [1.807, 2.05) is 6.92 Å². The summed E-state index contributed by atoms with van der Waals surface area (Å²) in [6.45, 7) is 3.67. The SMILES string of the molecule is CCC(CO)(CO)NCc1ccc2c(c1)CCCN2C. The fraction of sp³-hybridized carbons (Fsp3) is 0.625. The van der Waals surface area contributed by atoms with Crippen LogP contribution in [0.15, 0.2) is 18.2 Å². The Morgan fingerprint density at radius 2 is 2.05 bits per heavy atom. The van der Waals surface area contributed by atoms with Crippen molar-refractivity contribution in [1.29, 1.82) is 0 Å². The zero-order chi connectivity index (χ0) is 14.6. The minimum atomic E-state index is -0.577. The van der Waals surface area contributed by atoms with E-state index >= 15 is 0 Å². The van der Waals surface area contributed by atoms with Gasteiger partial charge in [-0.1, -0.05) is 19.1 Å². The lowest BCUT2D eigenvalue weighted by molar-refractivity contribution is 0.0864. The molecule has 0 aliphatic carbocycles. The Morgan fingerprint density at radius 3 is 2.70 bits per heavy atom. The van der Waals surface area contributed by atoms with Gasteiger partial charge in [0.2, 0.25) is 0 Å². The van der Waals surface area contributed by atoms with Gasteiger partial charge in [0.05, 0.1) is 18.8 Å². The quantitative estimate of drug-likeness (QED) is 0.734. The highest BCUT2D eigenvalue weighted by Gasteiger charge is 2.25. The van der Waals surface area contributed by atoms with Crippen LogP contribution in [-0.4, -0.2) is 42.6 Å². The molecule has 4 nitrogen and oxygen atoms in total. The topological polar surface area (TPSA) is 55.7 Å². The molecule has 0 amide bonds. The van der Waals surface area contributed by atoms with Gasteiger partial charge in [0.25, 0.3) is 0 Å². The highest BCUT2D eigenvalue weighted by molar-refractivity contribution is 5.56. The van der Waals surface area contributed by atoms with Gasteiger partial charge >= 0.3 is 0 Å². The lowest BCUT2D eigenvalue weighted by atomic mass is 9.96. The van der Waals surface area contributed by atoms with Gasteiger partial charge in [0.15, 0.2) is 0 Å². The lowest BCUT2D eigenvalue weighted by Gasteiger charge is -2.31. The van der Waals surface area contributed by atoms with Gasteiger partial charge in [0.1, 0.15) is 0 Å². The number of fused-ring (bicyclic) bond motifs is 1. The lowest BCUT2D eigenvalue weighted by Crippen LogP contribution is -2.50. The van der Waals surface area contributed by atoms with Crippen molar-refractivity contribution in [2.24, 2.45) is 0 Å². The number of aryl methyl sites for hydroxylation is 1. The Hall–Kier alpha value is -1.10. The van der Waals surface area contributed by atoms with Crippen LogP contribution in [0.5, 0.6) is 0 Å². The van der Waals surface area contributed by atoms with Crippen molar-refractivity contribution in [1.82, 2.24) is 5.32 Å². The minimum absolute atomic E-state index is 0.0479. The summed E-state index contributed by atoms with van der Waals surface area (Å²) >= 11 is 0. The number of aliphatic hydroxyl groups is 2. The van der Waals surface area contributed by atoms with Crippen molar-refractivity contribution in [2.75, 3.05) is 31.7 Å². The summed E-state index contributed by atoms with van der Waals surface area (Å²) in [6, 6.07) is 6.55. The molecule has 1 aliphatic heterocycles. The number of anilines is 1. The zero-order valence-corrected chi connectivity index (χ0v) is 12.5. The van der Waals surface area contributed by atoms with Crippen LogP contribution < -0.4 is 10.2 Å². The molecule has 0 fully saturated rings. The monoisotopic (exact) mass is 278 g/mol. The highest BCUT2D eigenvalue weighted by atomic mass is 16.3. The first-order chi connectivity index (χ1) is 9.64. The van der Waals surface area contributed by atoms with Crippen LogP contribution in [0.4, 0.5) is 5.69 Å². The molecule has 112 valence electrons. The van der Waals surface area contributed by atoms with Crippen LogP contribution in [0, 0.1) is 0 Å². The molecule has 0 radical (unpaired) electrons. The van der Waals surface area contributed by atoms with Gasteiger partial charge in [-0.15, -0.1) is 0 Å². The van der Waals surface area contributed by atoms with E-state index in [1.165, 1.54) is 23.2 Å². The van der Waals surface area contributed by atoms with Gasteiger partial charge in [-0.05, 0) is 36.5 Å². The molecule has 4 heteroatoms. The number of benzene rings is 1. The van der Waals surface area contributed by atoms with E-state index in [0.717, 1.165) is 13.0 Å². The molecule has 0 spiro atoms. The zero-order valence-electron chi connectivity index (χ0n) is 12.5. The average molecular weight is 278 g/mol. The number of nitrogens with zero attached hydrogens (tertiary/aromatic N) is 1. The van der Waals surface area contributed by atoms with E-state index in [1.54, 1.807) is 0 Å². The third-order valence-corrected chi connectivity index (χ3v) is 4.44. The fourth-order valence-corrected chi connectivity index (χ4v) is 2.75. The van der Waals surface area contributed by atoms with Crippen LogP contribution in [0.25, 0.3) is 0 Å². The second kappa shape index (κ2) is 6.57. The molecule has 2 rings (SSSR count). The van der Waals surface area contributed by atoms with E-state index in [-0.39, 0.29) is 13.2 Å². The molecule has 0 saturated carbocycles. The molecule has 20 heavy (non-hydrogen) atoms. The molecule has 1 aliphatic rings. The maximum Gasteiger partial charge on any atom is 0.0648 e. The van der Waals surface area contributed by atoms with Gasteiger partial charge < -0.3 is 20.4 Å². The molecule has 0 aromatic heterocycles. The molecule has 1 aromatic rings. The molecule has 0 saturated heterocycles. The van der Waals surface area contributed by atoms with Crippen LogP contribution in [0.3, 0.4) is 0 Å². The molecule has 3 N–H and O–H groups in total. The maximum atomic E-state index is 9.45. The summed E-state index contributed by atoms with van der Waals surface area (Å²) in [5.74, 6) is 0. The van der Waals surface area contributed by atoms with Crippen molar-refractivity contribution in [3.63, 3.8) is 0 Å². The minimum Gasteiger partial charge on any atom is -0.394 e. The Labute approximate surface area is 121 Å². The van der Waals surface area contributed by atoms with E-state index in [0.29, 0.717) is 13.0 Å². The third-order valence-electron chi connectivity index (χ3n) is 4.44. The van der Waals surface area contributed by atoms with Crippen molar-refractivity contribution >= 4 is 5.69 Å². The van der Waals surface area contributed by atoms with Gasteiger partial charge in [-0.3, -0.25) is 0 Å². The second-order valence-corrected chi connectivity index (χ2v) is 5.79. The normalized spacial score (nSPS) is 15.3. The van der Waals surface area contributed by atoms with Gasteiger partial charge in [0, 0.05) is 25.8 Å². The first-order valence-electron chi connectivity index (χ1n) is 7.44. The van der Waals surface area contributed by atoms with Gasteiger partial charge in [-0.25, -0.2) is 0 Å². The Bertz CT molecular complexity index is 436. The van der Waals surface area contributed by atoms with Crippen molar-refractivity contribution in [3.8, 4) is 0 Å². The highest BCUT2D eigenvalue weighted by Crippen LogP contribution is 2.27. The standard InChI is InChI=1S/C16H26N2O2/c1-3-16(11-19,12-20)17-10-13-6-7-15-14(9-13)5-4-8-18(15)2/h6-7,9,17,19-20H,3-5,8,10-12H2,1-2H3. The molecular formula is C16H26N2O2. The first kappa shape index (κ1) is 15.3. The van der Waals surface area contributed by atoms with Crippen LogP contribution >= 0.6 is 0 Å². The van der Waals surface area contributed by atoms with Crippen molar-refractivity contribution < 1.29 is 10.2 Å². The van der Waals surface area contributed by atoms with Gasteiger partial charge in [-0.2, -0.15) is 0 Å². The Kier molecular flexibility index (Phi) is 5.02. The van der Waals surface area contributed by atoms with E-state index < -0.39 is 5.54 Å². The fourth-order valence-electron chi connectivity index (χ4n) is 2.75. The number of hydrogen-bond acceptors (Lipinski definition) is 4. The number of aliphatic hydroxyl groups excluding tert-OH is 2. The largest absolute Gasteiger partial charge is 0.394 e. The molecule has 1 heterocycles.